The second kappa shape index (κ2) is 4.71. The fourth-order valence-corrected chi connectivity index (χ4v) is 6.36. The Kier molecular flexibility index (Phi) is 3.20. The van der Waals surface area contributed by atoms with Gasteiger partial charge in [-0.05, 0) is 88.4 Å². The van der Waals surface area contributed by atoms with Crippen LogP contribution in [-0.2, 0) is 0 Å². The quantitative estimate of drug-likeness (QED) is 0.835. The lowest BCUT2D eigenvalue weighted by atomic mass is 9.48. The Morgan fingerprint density at radius 1 is 1.00 bits per heavy atom. The van der Waals surface area contributed by atoms with Crippen LogP contribution in [0.25, 0.3) is 0 Å². The highest BCUT2D eigenvalue weighted by atomic mass is 15.3. The molecule has 0 spiro atoms. The largest absolute Gasteiger partial charge is 0.329 e. The normalized spacial score (nSPS) is 46.6. The van der Waals surface area contributed by atoms with Gasteiger partial charge in [-0.3, -0.25) is 4.90 Å². The maximum atomic E-state index is 6.48. The summed E-state index contributed by atoms with van der Waals surface area (Å²) in [5, 5.41) is 0. The molecule has 2 heteroatoms. The zero-order valence-corrected chi connectivity index (χ0v) is 13.4. The summed E-state index contributed by atoms with van der Waals surface area (Å²) in [5.41, 5.74) is 6.85. The van der Waals surface area contributed by atoms with Crippen LogP contribution in [0, 0.1) is 29.6 Å². The van der Waals surface area contributed by atoms with Crippen molar-refractivity contribution in [3.63, 3.8) is 0 Å². The molecule has 5 fully saturated rings. The molecule has 0 heterocycles. The molecule has 0 aliphatic heterocycles. The Morgan fingerprint density at radius 2 is 1.55 bits per heavy atom. The average Bonchev–Trinajstić information content (AvgIpc) is 3.21. The van der Waals surface area contributed by atoms with Crippen molar-refractivity contribution in [2.75, 3.05) is 13.1 Å². The molecule has 0 aromatic rings. The fraction of sp³-hybridized carbons (Fsp3) is 1.00. The first-order valence-corrected chi connectivity index (χ1v) is 9.10. The van der Waals surface area contributed by atoms with Crippen LogP contribution in [0.4, 0.5) is 0 Å². The van der Waals surface area contributed by atoms with Gasteiger partial charge in [0, 0.05) is 24.7 Å². The van der Waals surface area contributed by atoms with Gasteiger partial charge in [0.05, 0.1) is 0 Å². The van der Waals surface area contributed by atoms with Crippen molar-refractivity contribution in [1.29, 1.82) is 0 Å². The minimum absolute atomic E-state index is 0.365. The van der Waals surface area contributed by atoms with Crippen molar-refractivity contribution in [3.8, 4) is 0 Å². The van der Waals surface area contributed by atoms with E-state index >= 15 is 0 Å². The van der Waals surface area contributed by atoms with E-state index < -0.39 is 0 Å². The standard InChI is InChI=1S/C18H32N2/c1-12(2)20(10-13-3-4-13)18(11-19)16-6-14-5-15(8-16)9-17(18)7-14/h12-17H,3-11,19H2,1-2H3. The lowest BCUT2D eigenvalue weighted by molar-refractivity contribution is -0.142. The molecule has 0 aromatic heterocycles. The number of hydrogen-bond donors (Lipinski definition) is 1. The molecule has 0 atom stereocenters. The van der Waals surface area contributed by atoms with Gasteiger partial charge in [-0.1, -0.05) is 0 Å². The monoisotopic (exact) mass is 276 g/mol. The molecule has 0 unspecified atom stereocenters. The van der Waals surface area contributed by atoms with Crippen molar-refractivity contribution in [1.82, 2.24) is 4.90 Å². The van der Waals surface area contributed by atoms with Gasteiger partial charge in [0.25, 0.3) is 0 Å². The number of nitrogens with zero attached hydrogens (tertiary/aromatic N) is 1. The molecule has 114 valence electrons. The van der Waals surface area contributed by atoms with Crippen LogP contribution in [0.5, 0.6) is 0 Å². The summed E-state index contributed by atoms with van der Waals surface area (Å²) in [6.45, 7) is 7.06. The minimum Gasteiger partial charge on any atom is -0.329 e. The molecule has 5 aliphatic rings. The maximum Gasteiger partial charge on any atom is 0.0391 e. The molecule has 2 nitrogen and oxygen atoms in total. The maximum absolute atomic E-state index is 6.48. The van der Waals surface area contributed by atoms with Crippen molar-refractivity contribution in [2.24, 2.45) is 35.3 Å². The van der Waals surface area contributed by atoms with Gasteiger partial charge in [0.2, 0.25) is 0 Å². The van der Waals surface area contributed by atoms with Crippen LogP contribution in [0.15, 0.2) is 0 Å². The molecule has 0 saturated heterocycles. The van der Waals surface area contributed by atoms with E-state index in [2.05, 4.69) is 18.7 Å². The van der Waals surface area contributed by atoms with Gasteiger partial charge >= 0.3 is 0 Å². The first-order chi connectivity index (χ1) is 9.63. The van der Waals surface area contributed by atoms with Crippen LogP contribution in [0.3, 0.4) is 0 Å². The molecule has 0 aromatic carbocycles. The Hall–Kier alpha value is -0.0800. The van der Waals surface area contributed by atoms with Crippen molar-refractivity contribution < 1.29 is 0 Å². The van der Waals surface area contributed by atoms with Crippen molar-refractivity contribution in [3.05, 3.63) is 0 Å². The SMILES string of the molecule is CC(C)N(CC1CC1)C1(CN)C2CC3CC(C2)CC1C3. The Bertz CT molecular complexity index is 344. The van der Waals surface area contributed by atoms with E-state index in [1.807, 2.05) is 0 Å². The number of rotatable bonds is 5. The van der Waals surface area contributed by atoms with Gasteiger partial charge in [0.1, 0.15) is 0 Å². The van der Waals surface area contributed by atoms with E-state index in [0.717, 1.165) is 36.1 Å². The summed E-state index contributed by atoms with van der Waals surface area (Å²) in [5.74, 6) is 4.90. The first kappa shape index (κ1) is 13.6. The molecule has 4 bridgehead atoms. The summed E-state index contributed by atoms with van der Waals surface area (Å²) in [6.07, 6.45) is 10.4. The Balaban J connectivity index is 1.66. The van der Waals surface area contributed by atoms with Gasteiger partial charge in [-0.25, -0.2) is 0 Å². The summed E-state index contributed by atoms with van der Waals surface area (Å²) in [4.78, 5) is 2.89. The molecule has 0 radical (unpaired) electrons. The van der Waals surface area contributed by atoms with Crippen LogP contribution in [0.1, 0.15) is 58.8 Å². The average molecular weight is 276 g/mol. The number of hydrogen-bond acceptors (Lipinski definition) is 2. The number of nitrogens with two attached hydrogens (primary N) is 1. The van der Waals surface area contributed by atoms with Crippen molar-refractivity contribution >= 4 is 0 Å². The van der Waals surface area contributed by atoms with E-state index in [1.54, 1.807) is 0 Å². The third kappa shape index (κ3) is 1.90. The smallest absolute Gasteiger partial charge is 0.0391 e. The van der Waals surface area contributed by atoms with Gasteiger partial charge in [-0.15, -0.1) is 0 Å². The Morgan fingerprint density at radius 3 is 1.95 bits per heavy atom. The van der Waals surface area contributed by atoms with Crippen LogP contribution in [0.2, 0.25) is 0 Å². The molecular weight excluding hydrogens is 244 g/mol. The predicted octanol–water partition coefficient (Wildman–Crippen LogP) is 3.26. The third-order valence-corrected chi connectivity index (χ3v) is 7.19. The van der Waals surface area contributed by atoms with E-state index in [-0.39, 0.29) is 0 Å². The van der Waals surface area contributed by atoms with Gasteiger partial charge < -0.3 is 5.73 Å². The molecule has 2 N–H and O–H groups in total. The summed E-state index contributed by atoms with van der Waals surface area (Å²) >= 11 is 0. The fourth-order valence-electron chi connectivity index (χ4n) is 6.36. The van der Waals surface area contributed by atoms with Gasteiger partial charge in [-0.2, -0.15) is 0 Å². The highest BCUT2D eigenvalue weighted by molar-refractivity contribution is 5.13. The Labute approximate surface area is 124 Å². The van der Waals surface area contributed by atoms with Gasteiger partial charge in [0.15, 0.2) is 0 Å². The van der Waals surface area contributed by atoms with E-state index in [0.29, 0.717) is 11.6 Å². The second-order valence-electron chi connectivity index (χ2n) is 8.69. The van der Waals surface area contributed by atoms with Crippen LogP contribution in [-0.4, -0.2) is 29.6 Å². The topological polar surface area (TPSA) is 29.3 Å². The molecule has 5 saturated carbocycles. The lowest BCUT2D eigenvalue weighted by Gasteiger charge is -2.65. The van der Waals surface area contributed by atoms with Crippen molar-refractivity contribution in [2.45, 2.75) is 70.4 Å². The van der Waals surface area contributed by atoms with E-state index in [4.69, 9.17) is 5.73 Å². The van der Waals surface area contributed by atoms with Crippen LogP contribution < -0.4 is 5.73 Å². The molecule has 5 rings (SSSR count). The lowest BCUT2D eigenvalue weighted by Crippen LogP contribution is -2.70. The summed E-state index contributed by atoms with van der Waals surface area (Å²) in [7, 11) is 0. The molecule has 0 amide bonds. The summed E-state index contributed by atoms with van der Waals surface area (Å²) < 4.78 is 0. The zero-order valence-electron chi connectivity index (χ0n) is 13.4. The second-order valence-corrected chi connectivity index (χ2v) is 8.69. The summed E-state index contributed by atoms with van der Waals surface area (Å²) in [6, 6.07) is 0.664. The molecular formula is C18H32N2. The minimum atomic E-state index is 0.365. The van der Waals surface area contributed by atoms with Crippen LogP contribution >= 0.6 is 0 Å². The molecule has 20 heavy (non-hydrogen) atoms. The third-order valence-electron chi connectivity index (χ3n) is 7.19. The van der Waals surface area contributed by atoms with E-state index in [1.165, 1.54) is 51.5 Å². The highest BCUT2D eigenvalue weighted by Gasteiger charge is 2.59. The van der Waals surface area contributed by atoms with E-state index in [9.17, 15) is 0 Å². The predicted molar refractivity (Wildman–Crippen MR) is 83.4 cm³/mol. The first-order valence-electron chi connectivity index (χ1n) is 9.10. The zero-order chi connectivity index (χ0) is 13.9. The highest BCUT2D eigenvalue weighted by Crippen LogP contribution is 2.60. The molecule has 5 aliphatic carbocycles.